The van der Waals surface area contributed by atoms with Crippen molar-refractivity contribution in [2.45, 2.75) is 25.6 Å². The summed E-state index contributed by atoms with van der Waals surface area (Å²) in [5.41, 5.74) is 1.35. The molecule has 0 radical (unpaired) electrons. The average molecular weight is 343 g/mol. The van der Waals surface area contributed by atoms with Crippen molar-refractivity contribution in [3.05, 3.63) is 47.2 Å². The molecule has 0 spiro atoms. The van der Waals surface area contributed by atoms with Crippen molar-refractivity contribution in [1.82, 2.24) is 15.1 Å². The predicted octanol–water partition coefficient (Wildman–Crippen LogP) is 1.06. The fourth-order valence-corrected chi connectivity index (χ4v) is 3.11. The normalized spacial score (nSPS) is 23.1. The van der Waals surface area contributed by atoms with Crippen LogP contribution < -0.4 is 0 Å². The second-order valence-electron chi connectivity index (χ2n) is 6.06. The number of amides is 1. The van der Waals surface area contributed by atoms with Crippen molar-refractivity contribution < 1.29 is 23.5 Å². The third-order valence-corrected chi connectivity index (χ3v) is 4.36. The van der Waals surface area contributed by atoms with Crippen LogP contribution in [0.4, 0.5) is 0 Å². The Bertz CT molecular complexity index is 818. The first-order valence-electron chi connectivity index (χ1n) is 8.11. The molecule has 2 aliphatic heterocycles. The lowest BCUT2D eigenvalue weighted by Crippen LogP contribution is -2.49. The van der Waals surface area contributed by atoms with E-state index >= 15 is 0 Å². The molecule has 25 heavy (non-hydrogen) atoms. The number of rotatable bonds is 2. The van der Waals surface area contributed by atoms with E-state index in [0.29, 0.717) is 36.9 Å². The molecule has 130 valence electrons. The number of benzene rings is 1. The van der Waals surface area contributed by atoms with Gasteiger partial charge in [-0.15, -0.1) is 10.2 Å². The van der Waals surface area contributed by atoms with Gasteiger partial charge in [0.25, 0.3) is 5.91 Å². The zero-order valence-electron chi connectivity index (χ0n) is 13.7. The molecule has 1 aromatic carbocycles. The summed E-state index contributed by atoms with van der Waals surface area (Å²) < 4.78 is 16.4. The number of morpholine rings is 1. The quantitative estimate of drug-likeness (QED) is 0.752. The third-order valence-electron chi connectivity index (χ3n) is 4.36. The van der Waals surface area contributed by atoms with E-state index in [-0.39, 0.29) is 12.5 Å². The standard InChI is InChI=1S/C17H17N3O5/c1-10-18-19-15(24-10)14-9-20(6-7-23-14)16(21)13-8-11-4-2-3-5-12(11)17(22)25-13/h2-5,13-14H,6-9H2,1H3/t13-,14+/m0/s1. The van der Waals surface area contributed by atoms with Crippen molar-refractivity contribution >= 4 is 11.9 Å². The number of esters is 1. The van der Waals surface area contributed by atoms with Crippen LogP contribution in [0.5, 0.6) is 0 Å². The minimum Gasteiger partial charge on any atom is -0.448 e. The Morgan fingerprint density at radius 3 is 2.92 bits per heavy atom. The molecule has 0 N–H and O–H groups in total. The predicted molar refractivity (Wildman–Crippen MR) is 83.7 cm³/mol. The van der Waals surface area contributed by atoms with Gasteiger partial charge < -0.3 is 18.8 Å². The number of hydrogen-bond acceptors (Lipinski definition) is 7. The van der Waals surface area contributed by atoms with E-state index in [2.05, 4.69) is 10.2 Å². The molecule has 2 aromatic rings. The van der Waals surface area contributed by atoms with Crippen LogP contribution in [0.2, 0.25) is 0 Å². The first kappa shape index (κ1) is 15.8. The molecule has 1 amide bonds. The Labute approximate surface area is 143 Å². The van der Waals surface area contributed by atoms with E-state index in [1.807, 2.05) is 12.1 Å². The number of hydrogen-bond donors (Lipinski definition) is 0. The zero-order chi connectivity index (χ0) is 17.4. The highest BCUT2D eigenvalue weighted by molar-refractivity contribution is 5.95. The Morgan fingerprint density at radius 1 is 1.28 bits per heavy atom. The van der Waals surface area contributed by atoms with Gasteiger partial charge in [-0.05, 0) is 11.6 Å². The largest absolute Gasteiger partial charge is 0.448 e. The van der Waals surface area contributed by atoms with Gasteiger partial charge in [-0.3, -0.25) is 4.79 Å². The molecule has 0 saturated carbocycles. The summed E-state index contributed by atoms with van der Waals surface area (Å²) in [5, 5.41) is 7.74. The number of nitrogens with zero attached hydrogens (tertiary/aromatic N) is 3. The van der Waals surface area contributed by atoms with E-state index in [0.717, 1.165) is 5.56 Å². The van der Waals surface area contributed by atoms with E-state index in [1.165, 1.54) is 0 Å². The molecule has 2 atom stereocenters. The number of ether oxygens (including phenoxy) is 2. The molecular formula is C17H17N3O5. The summed E-state index contributed by atoms with van der Waals surface area (Å²) in [6.07, 6.45) is -0.904. The lowest BCUT2D eigenvalue weighted by atomic mass is 9.98. The van der Waals surface area contributed by atoms with Gasteiger partial charge in [-0.2, -0.15) is 0 Å². The maximum absolute atomic E-state index is 12.8. The monoisotopic (exact) mass is 343 g/mol. The third kappa shape index (κ3) is 3.00. The van der Waals surface area contributed by atoms with Gasteiger partial charge in [0, 0.05) is 19.9 Å². The molecule has 1 fully saturated rings. The molecule has 0 aliphatic carbocycles. The lowest BCUT2D eigenvalue weighted by molar-refractivity contribution is -0.149. The fourth-order valence-electron chi connectivity index (χ4n) is 3.11. The number of aryl methyl sites for hydroxylation is 1. The van der Waals surface area contributed by atoms with Crippen LogP contribution in [0.1, 0.15) is 33.8 Å². The molecule has 8 heteroatoms. The average Bonchev–Trinajstić information content (AvgIpc) is 3.08. The van der Waals surface area contributed by atoms with Gasteiger partial charge in [0.2, 0.25) is 11.8 Å². The van der Waals surface area contributed by atoms with Crippen molar-refractivity contribution in [2.24, 2.45) is 0 Å². The SMILES string of the molecule is Cc1nnc([C@H]2CN(C(=O)[C@@H]3Cc4ccccc4C(=O)O3)CCO2)o1. The van der Waals surface area contributed by atoms with Crippen LogP contribution in [-0.4, -0.2) is 52.8 Å². The second-order valence-corrected chi connectivity index (χ2v) is 6.06. The van der Waals surface area contributed by atoms with Gasteiger partial charge >= 0.3 is 5.97 Å². The fraction of sp³-hybridized carbons (Fsp3) is 0.412. The summed E-state index contributed by atoms with van der Waals surface area (Å²) in [4.78, 5) is 26.6. The summed E-state index contributed by atoms with van der Waals surface area (Å²) in [6, 6.07) is 7.18. The van der Waals surface area contributed by atoms with Crippen LogP contribution in [0.15, 0.2) is 28.7 Å². The van der Waals surface area contributed by atoms with E-state index in [9.17, 15) is 9.59 Å². The number of fused-ring (bicyclic) bond motifs is 1. The Kier molecular flexibility index (Phi) is 3.96. The summed E-state index contributed by atoms with van der Waals surface area (Å²) in [6.45, 7) is 2.77. The van der Waals surface area contributed by atoms with Gasteiger partial charge in [-0.1, -0.05) is 18.2 Å². The summed E-state index contributed by atoms with van der Waals surface area (Å²) in [7, 11) is 0. The molecule has 8 nitrogen and oxygen atoms in total. The molecule has 2 aliphatic rings. The second kappa shape index (κ2) is 6.29. The van der Waals surface area contributed by atoms with E-state index in [4.69, 9.17) is 13.9 Å². The van der Waals surface area contributed by atoms with Crippen LogP contribution in [-0.2, 0) is 20.7 Å². The summed E-state index contributed by atoms with van der Waals surface area (Å²) >= 11 is 0. The first-order valence-corrected chi connectivity index (χ1v) is 8.11. The molecule has 0 bridgehead atoms. The minimum atomic E-state index is -0.814. The maximum atomic E-state index is 12.8. The maximum Gasteiger partial charge on any atom is 0.339 e. The molecule has 0 unspecified atom stereocenters. The van der Waals surface area contributed by atoms with Crippen LogP contribution >= 0.6 is 0 Å². The van der Waals surface area contributed by atoms with Gasteiger partial charge in [-0.25, -0.2) is 4.79 Å². The van der Waals surface area contributed by atoms with Crippen LogP contribution in [0.3, 0.4) is 0 Å². The van der Waals surface area contributed by atoms with Gasteiger partial charge in [0.15, 0.2) is 12.2 Å². The Morgan fingerprint density at radius 2 is 2.12 bits per heavy atom. The van der Waals surface area contributed by atoms with Crippen LogP contribution in [0, 0.1) is 6.92 Å². The molecule has 4 rings (SSSR count). The Hall–Kier alpha value is -2.74. The molecular weight excluding hydrogens is 326 g/mol. The number of carbonyl (C=O) groups is 2. The van der Waals surface area contributed by atoms with Crippen molar-refractivity contribution in [3.8, 4) is 0 Å². The summed E-state index contributed by atoms with van der Waals surface area (Å²) in [5.74, 6) is 0.103. The number of cyclic esters (lactones) is 1. The van der Waals surface area contributed by atoms with Crippen molar-refractivity contribution in [2.75, 3.05) is 19.7 Å². The topological polar surface area (TPSA) is 94.8 Å². The van der Waals surface area contributed by atoms with Gasteiger partial charge in [0.05, 0.1) is 18.7 Å². The highest BCUT2D eigenvalue weighted by Crippen LogP contribution is 2.25. The molecule has 1 aromatic heterocycles. The minimum absolute atomic E-state index is 0.229. The lowest BCUT2D eigenvalue weighted by Gasteiger charge is -2.34. The van der Waals surface area contributed by atoms with Crippen LogP contribution in [0.25, 0.3) is 0 Å². The van der Waals surface area contributed by atoms with E-state index < -0.39 is 18.2 Å². The van der Waals surface area contributed by atoms with E-state index in [1.54, 1.807) is 24.0 Å². The number of carbonyl (C=O) groups excluding carboxylic acids is 2. The smallest absolute Gasteiger partial charge is 0.339 e. The Balaban J connectivity index is 1.48. The highest BCUT2D eigenvalue weighted by atomic mass is 16.6. The zero-order valence-corrected chi connectivity index (χ0v) is 13.7. The first-order chi connectivity index (χ1) is 12.1. The molecule has 1 saturated heterocycles. The van der Waals surface area contributed by atoms with Gasteiger partial charge in [0.1, 0.15) is 0 Å². The number of aromatic nitrogens is 2. The van der Waals surface area contributed by atoms with Crippen molar-refractivity contribution in [1.29, 1.82) is 0 Å². The van der Waals surface area contributed by atoms with Crippen molar-refractivity contribution in [3.63, 3.8) is 0 Å². The molecule has 3 heterocycles. The highest BCUT2D eigenvalue weighted by Gasteiger charge is 2.37.